The molecule has 0 saturated carbocycles. The second-order valence-corrected chi connectivity index (χ2v) is 3.25. The Hall–Kier alpha value is -1.09. The van der Waals surface area contributed by atoms with Crippen LogP contribution in [0.1, 0.15) is 19.8 Å². The summed E-state index contributed by atoms with van der Waals surface area (Å²) in [7, 11) is 0. The van der Waals surface area contributed by atoms with Crippen molar-refractivity contribution in [1.82, 2.24) is 4.90 Å². The molecule has 0 aliphatic heterocycles. The van der Waals surface area contributed by atoms with Crippen LogP contribution in [-0.4, -0.2) is 35.6 Å². The predicted octanol–water partition coefficient (Wildman–Crippen LogP) is 1.10. The maximum absolute atomic E-state index is 11.8. The summed E-state index contributed by atoms with van der Waals surface area (Å²) < 4.78 is 0. The van der Waals surface area contributed by atoms with Gasteiger partial charge in [-0.2, -0.15) is 0 Å². The van der Waals surface area contributed by atoms with Gasteiger partial charge in [0.25, 0.3) is 5.91 Å². The van der Waals surface area contributed by atoms with Crippen LogP contribution < -0.4 is 0 Å². The van der Waals surface area contributed by atoms with Gasteiger partial charge >= 0.3 is 0 Å². The van der Waals surface area contributed by atoms with Gasteiger partial charge in [-0.05, 0) is 19.8 Å². The molecule has 1 aliphatic carbocycles. The van der Waals surface area contributed by atoms with Crippen molar-refractivity contribution in [3.05, 3.63) is 23.8 Å². The van der Waals surface area contributed by atoms with E-state index in [1.54, 1.807) is 4.90 Å². The van der Waals surface area contributed by atoms with Gasteiger partial charge in [-0.25, -0.2) is 0 Å². The Kier molecular flexibility index (Phi) is 4.40. The molecular weight excluding hydrogens is 178 g/mol. The molecule has 78 valence electrons. The molecule has 1 N–H and O–H groups in total. The van der Waals surface area contributed by atoms with Crippen molar-refractivity contribution in [3.8, 4) is 0 Å². The molecule has 0 fully saturated rings. The Morgan fingerprint density at radius 3 is 2.86 bits per heavy atom. The lowest BCUT2D eigenvalue weighted by atomic mass is 10.1. The summed E-state index contributed by atoms with van der Waals surface area (Å²) in [5.41, 5.74) is 0.756. The van der Waals surface area contributed by atoms with Crippen molar-refractivity contribution in [1.29, 1.82) is 0 Å². The number of hydrogen-bond acceptors (Lipinski definition) is 2. The Morgan fingerprint density at radius 1 is 1.57 bits per heavy atom. The van der Waals surface area contributed by atoms with Crippen LogP contribution in [0.5, 0.6) is 0 Å². The van der Waals surface area contributed by atoms with E-state index >= 15 is 0 Å². The van der Waals surface area contributed by atoms with Gasteiger partial charge in [0.1, 0.15) is 0 Å². The second-order valence-electron chi connectivity index (χ2n) is 3.25. The zero-order chi connectivity index (χ0) is 10.4. The van der Waals surface area contributed by atoms with Crippen LogP contribution in [0.25, 0.3) is 0 Å². The van der Waals surface area contributed by atoms with Crippen molar-refractivity contribution in [3.63, 3.8) is 0 Å². The van der Waals surface area contributed by atoms with Crippen molar-refractivity contribution in [2.45, 2.75) is 19.8 Å². The summed E-state index contributed by atoms with van der Waals surface area (Å²) in [6.07, 6.45) is 7.80. The first kappa shape index (κ1) is 11.0. The highest BCUT2D eigenvalue weighted by molar-refractivity contribution is 5.96. The summed E-state index contributed by atoms with van der Waals surface area (Å²) in [6, 6.07) is 0. The van der Waals surface area contributed by atoms with Gasteiger partial charge in [0.15, 0.2) is 0 Å². The van der Waals surface area contributed by atoms with Gasteiger partial charge in [0.2, 0.25) is 0 Å². The monoisotopic (exact) mass is 195 g/mol. The molecule has 0 aromatic rings. The van der Waals surface area contributed by atoms with E-state index in [4.69, 9.17) is 5.11 Å². The minimum Gasteiger partial charge on any atom is -0.395 e. The Bertz CT molecular complexity index is 256. The Labute approximate surface area is 84.7 Å². The molecule has 0 bridgehead atoms. The highest BCUT2D eigenvalue weighted by Gasteiger charge is 2.14. The fourth-order valence-corrected chi connectivity index (χ4v) is 1.48. The minimum absolute atomic E-state index is 0.0244. The molecule has 3 heteroatoms. The van der Waals surface area contributed by atoms with Gasteiger partial charge in [0.05, 0.1) is 6.61 Å². The molecule has 1 aliphatic rings. The average molecular weight is 195 g/mol. The van der Waals surface area contributed by atoms with E-state index in [-0.39, 0.29) is 12.5 Å². The lowest BCUT2D eigenvalue weighted by Crippen LogP contribution is -2.34. The van der Waals surface area contributed by atoms with Crippen LogP contribution >= 0.6 is 0 Å². The standard InChI is InChI=1S/C11H17NO2/c1-2-12(8-9-13)11(14)10-6-4-3-5-7-10/h4,6-7,13H,2-3,5,8-9H2,1H3. The molecule has 0 aromatic carbocycles. The van der Waals surface area contributed by atoms with E-state index in [0.717, 1.165) is 18.4 Å². The zero-order valence-corrected chi connectivity index (χ0v) is 8.57. The van der Waals surface area contributed by atoms with Crippen molar-refractivity contribution < 1.29 is 9.90 Å². The molecule has 0 aromatic heterocycles. The maximum Gasteiger partial charge on any atom is 0.253 e. The third-order valence-electron chi connectivity index (χ3n) is 2.28. The van der Waals surface area contributed by atoms with Crippen LogP contribution in [0.2, 0.25) is 0 Å². The second kappa shape index (κ2) is 5.60. The van der Waals surface area contributed by atoms with Gasteiger partial charge in [0, 0.05) is 18.7 Å². The van der Waals surface area contributed by atoms with E-state index in [1.165, 1.54) is 0 Å². The van der Waals surface area contributed by atoms with E-state index in [0.29, 0.717) is 13.1 Å². The van der Waals surface area contributed by atoms with E-state index in [1.807, 2.05) is 25.2 Å². The van der Waals surface area contributed by atoms with Crippen molar-refractivity contribution >= 4 is 5.91 Å². The van der Waals surface area contributed by atoms with Gasteiger partial charge in [-0.15, -0.1) is 0 Å². The van der Waals surface area contributed by atoms with Gasteiger partial charge in [-0.3, -0.25) is 4.79 Å². The number of hydrogen-bond donors (Lipinski definition) is 1. The topological polar surface area (TPSA) is 40.5 Å². The molecule has 3 nitrogen and oxygen atoms in total. The van der Waals surface area contributed by atoms with Crippen LogP contribution in [0.4, 0.5) is 0 Å². The van der Waals surface area contributed by atoms with Gasteiger partial charge < -0.3 is 10.0 Å². The van der Waals surface area contributed by atoms with Crippen LogP contribution in [0, 0.1) is 0 Å². The molecule has 0 radical (unpaired) electrons. The zero-order valence-electron chi connectivity index (χ0n) is 8.57. The number of aliphatic hydroxyl groups excluding tert-OH is 1. The number of carbonyl (C=O) groups excluding carboxylic acids is 1. The molecule has 0 heterocycles. The molecule has 0 unspecified atom stereocenters. The van der Waals surface area contributed by atoms with E-state index in [2.05, 4.69) is 0 Å². The molecule has 0 saturated heterocycles. The van der Waals surface area contributed by atoms with Crippen LogP contribution in [0.15, 0.2) is 23.8 Å². The first-order valence-electron chi connectivity index (χ1n) is 5.06. The number of amides is 1. The van der Waals surface area contributed by atoms with E-state index < -0.39 is 0 Å². The highest BCUT2D eigenvalue weighted by atomic mass is 16.3. The number of carbonyl (C=O) groups is 1. The number of aliphatic hydroxyl groups is 1. The fourth-order valence-electron chi connectivity index (χ4n) is 1.48. The molecule has 14 heavy (non-hydrogen) atoms. The van der Waals surface area contributed by atoms with Crippen LogP contribution in [0.3, 0.4) is 0 Å². The van der Waals surface area contributed by atoms with Crippen LogP contribution in [-0.2, 0) is 4.79 Å². The molecule has 1 amide bonds. The summed E-state index contributed by atoms with van der Waals surface area (Å²) in [5, 5.41) is 8.78. The summed E-state index contributed by atoms with van der Waals surface area (Å²) in [4.78, 5) is 13.5. The highest BCUT2D eigenvalue weighted by Crippen LogP contribution is 2.12. The number of rotatable bonds is 4. The largest absolute Gasteiger partial charge is 0.395 e. The average Bonchev–Trinajstić information content (AvgIpc) is 2.26. The Morgan fingerprint density at radius 2 is 2.36 bits per heavy atom. The first-order chi connectivity index (χ1) is 6.79. The third-order valence-corrected chi connectivity index (χ3v) is 2.28. The maximum atomic E-state index is 11.8. The SMILES string of the molecule is CCN(CCO)C(=O)C1=CCCC=C1. The first-order valence-corrected chi connectivity index (χ1v) is 5.06. The number of allylic oxidation sites excluding steroid dienone is 2. The van der Waals surface area contributed by atoms with E-state index in [9.17, 15) is 4.79 Å². The quantitative estimate of drug-likeness (QED) is 0.730. The third kappa shape index (κ3) is 2.70. The minimum atomic E-state index is 0.0244. The molecule has 1 rings (SSSR count). The number of likely N-dealkylation sites (N-methyl/N-ethyl adjacent to an activating group) is 1. The normalized spacial score (nSPS) is 15.1. The van der Waals surface area contributed by atoms with Gasteiger partial charge in [-0.1, -0.05) is 18.2 Å². The molecule has 0 atom stereocenters. The summed E-state index contributed by atoms with van der Waals surface area (Å²) in [5.74, 6) is 0.0255. The molecular formula is C11H17NO2. The van der Waals surface area contributed by atoms with Crippen molar-refractivity contribution in [2.75, 3.05) is 19.7 Å². The fraction of sp³-hybridized carbons (Fsp3) is 0.545. The smallest absolute Gasteiger partial charge is 0.253 e. The Balaban J connectivity index is 2.62. The lowest BCUT2D eigenvalue weighted by Gasteiger charge is -2.20. The summed E-state index contributed by atoms with van der Waals surface area (Å²) >= 11 is 0. The molecule has 0 spiro atoms. The predicted molar refractivity (Wildman–Crippen MR) is 55.8 cm³/mol. The number of nitrogens with zero attached hydrogens (tertiary/aromatic N) is 1. The van der Waals surface area contributed by atoms with Crippen molar-refractivity contribution in [2.24, 2.45) is 0 Å². The summed E-state index contributed by atoms with van der Waals surface area (Å²) in [6.45, 7) is 3.00. The lowest BCUT2D eigenvalue weighted by molar-refractivity contribution is -0.127.